The SMILES string of the molecule is NS(=O)(=O)c1cc(C(=O)NC2CC2)c(F)cc1F. The minimum absolute atomic E-state index is 0.0279. The first-order valence-corrected chi connectivity index (χ1v) is 6.66. The summed E-state index contributed by atoms with van der Waals surface area (Å²) >= 11 is 0. The topological polar surface area (TPSA) is 89.3 Å². The van der Waals surface area contributed by atoms with E-state index in [0.717, 1.165) is 12.8 Å². The van der Waals surface area contributed by atoms with Crippen LogP contribution >= 0.6 is 0 Å². The Hall–Kier alpha value is -1.54. The highest BCUT2D eigenvalue weighted by Gasteiger charge is 2.27. The van der Waals surface area contributed by atoms with Gasteiger partial charge in [-0.2, -0.15) is 0 Å². The van der Waals surface area contributed by atoms with Crippen molar-refractivity contribution in [3.05, 3.63) is 29.3 Å². The number of halogens is 2. The molecule has 0 unspecified atom stereocenters. The van der Waals surface area contributed by atoms with Gasteiger partial charge in [0, 0.05) is 12.1 Å². The lowest BCUT2D eigenvalue weighted by Gasteiger charge is -2.07. The van der Waals surface area contributed by atoms with Gasteiger partial charge in [-0.3, -0.25) is 4.79 Å². The molecule has 1 aliphatic rings. The van der Waals surface area contributed by atoms with Crippen LogP contribution in [0.5, 0.6) is 0 Å². The van der Waals surface area contributed by atoms with Gasteiger partial charge >= 0.3 is 0 Å². The summed E-state index contributed by atoms with van der Waals surface area (Å²) in [4.78, 5) is 10.7. The summed E-state index contributed by atoms with van der Waals surface area (Å²) < 4.78 is 48.8. The van der Waals surface area contributed by atoms with Crippen LogP contribution in [0.25, 0.3) is 0 Å². The first-order chi connectivity index (χ1) is 8.29. The van der Waals surface area contributed by atoms with Crippen molar-refractivity contribution >= 4 is 15.9 Å². The lowest BCUT2D eigenvalue weighted by Crippen LogP contribution is -2.27. The van der Waals surface area contributed by atoms with Crippen molar-refractivity contribution in [2.75, 3.05) is 0 Å². The van der Waals surface area contributed by atoms with E-state index in [1.54, 1.807) is 0 Å². The van der Waals surface area contributed by atoms with Gasteiger partial charge in [-0.25, -0.2) is 22.3 Å². The Balaban J connectivity index is 2.43. The highest BCUT2D eigenvalue weighted by Crippen LogP contribution is 2.22. The molecule has 18 heavy (non-hydrogen) atoms. The molecule has 2 rings (SSSR count). The van der Waals surface area contributed by atoms with E-state index in [1.165, 1.54) is 0 Å². The summed E-state index contributed by atoms with van der Waals surface area (Å²) in [6.07, 6.45) is 1.58. The van der Waals surface area contributed by atoms with Crippen LogP contribution in [-0.4, -0.2) is 20.4 Å². The molecule has 0 atom stereocenters. The minimum atomic E-state index is -4.34. The van der Waals surface area contributed by atoms with Crippen LogP contribution < -0.4 is 10.5 Å². The Kier molecular flexibility index (Phi) is 3.07. The number of carbonyl (C=O) groups is 1. The lowest BCUT2D eigenvalue weighted by molar-refractivity contribution is 0.0946. The maximum atomic E-state index is 13.4. The first kappa shape index (κ1) is 12.9. The third-order valence-electron chi connectivity index (χ3n) is 2.49. The van der Waals surface area contributed by atoms with E-state index in [0.29, 0.717) is 12.1 Å². The number of nitrogens with two attached hydrogens (primary N) is 1. The van der Waals surface area contributed by atoms with Crippen LogP contribution in [0.15, 0.2) is 17.0 Å². The van der Waals surface area contributed by atoms with Crippen molar-refractivity contribution in [3.8, 4) is 0 Å². The summed E-state index contributed by atoms with van der Waals surface area (Å²) in [6, 6.07) is 0.916. The smallest absolute Gasteiger partial charge is 0.254 e. The molecule has 8 heteroatoms. The average molecular weight is 276 g/mol. The molecule has 1 saturated carbocycles. The second kappa shape index (κ2) is 4.29. The summed E-state index contributed by atoms with van der Waals surface area (Å²) in [5.41, 5.74) is -0.535. The Bertz CT molecular complexity index is 612. The van der Waals surface area contributed by atoms with Gasteiger partial charge < -0.3 is 5.32 Å². The molecular formula is C10H10F2N2O3S. The van der Waals surface area contributed by atoms with Crippen LogP contribution in [-0.2, 0) is 10.0 Å². The number of carbonyl (C=O) groups excluding carboxylic acids is 1. The third kappa shape index (κ3) is 2.65. The van der Waals surface area contributed by atoms with Crippen molar-refractivity contribution in [1.29, 1.82) is 0 Å². The maximum absolute atomic E-state index is 13.4. The van der Waals surface area contributed by atoms with Crippen LogP contribution in [0.4, 0.5) is 8.78 Å². The van der Waals surface area contributed by atoms with Gasteiger partial charge in [0.05, 0.1) is 5.56 Å². The van der Waals surface area contributed by atoms with Gasteiger partial charge in [-0.05, 0) is 18.9 Å². The van der Waals surface area contributed by atoms with Crippen LogP contribution in [0.1, 0.15) is 23.2 Å². The van der Waals surface area contributed by atoms with Gasteiger partial charge in [0.15, 0.2) is 0 Å². The molecule has 0 aliphatic heterocycles. The number of hydrogen-bond acceptors (Lipinski definition) is 3. The predicted molar refractivity (Wildman–Crippen MR) is 58.2 cm³/mol. The number of benzene rings is 1. The van der Waals surface area contributed by atoms with E-state index < -0.39 is 38.0 Å². The molecule has 0 aromatic heterocycles. The van der Waals surface area contributed by atoms with E-state index >= 15 is 0 Å². The Morgan fingerprint density at radius 2 is 1.89 bits per heavy atom. The van der Waals surface area contributed by atoms with Crippen LogP contribution in [0, 0.1) is 11.6 Å². The molecule has 0 bridgehead atoms. The van der Waals surface area contributed by atoms with E-state index in [2.05, 4.69) is 5.32 Å². The summed E-state index contributed by atoms with van der Waals surface area (Å²) in [5, 5.41) is 7.24. The number of primary sulfonamides is 1. The van der Waals surface area contributed by atoms with E-state index in [4.69, 9.17) is 5.14 Å². The monoisotopic (exact) mass is 276 g/mol. The molecule has 3 N–H and O–H groups in total. The molecule has 5 nitrogen and oxygen atoms in total. The van der Waals surface area contributed by atoms with Crippen molar-refractivity contribution in [1.82, 2.24) is 5.32 Å². The van der Waals surface area contributed by atoms with Crippen molar-refractivity contribution in [2.45, 2.75) is 23.8 Å². The molecule has 1 aromatic rings. The second-order valence-electron chi connectivity index (χ2n) is 4.06. The predicted octanol–water partition coefficient (Wildman–Crippen LogP) is 0.504. The van der Waals surface area contributed by atoms with Gasteiger partial charge in [0.2, 0.25) is 10.0 Å². The molecule has 1 aromatic carbocycles. The van der Waals surface area contributed by atoms with Crippen LogP contribution in [0.3, 0.4) is 0 Å². The molecule has 0 radical (unpaired) electrons. The van der Waals surface area contributed by atoms with E-state index in [-0.39, 0.29) is 6.04 Å². The number of amides is 1. The molecule has 1 aliphatic carbocycles. The van der Waals surface area contributed by atoms with E-state index in [9.17, 15) is 22.0 Å². The number of nitrogens with one attached hydrogen (secondary N) is 1. The fraction of sp³-hybridized carbons (Fsp3) is 0.300. The molecule has 0 heterocycles. The molecule has 0 saturated heterocycles. The van der Waals surface area contributed by atoms with Gasteiger partial charge in [0.1, 0.15) is 16.5 Å². The van der Waals surface area contributed by atoms with Gasteiger partial charge in [-0.1, -0.05) is 0 Å². The van der Waals surface area contributed by atoms with Crippen molar-refractivity contribution in [2.24, 2.45) is 5.14 Å². The fourth-order valence-corrected chi connectivity index (χ4v) is 2.02. The molecule has 1 fully saturated rings. The zero-order chi connectivity index (χ0) is 13.5. The number of rotatable bonds is 3. The number of sulfonamides is 1. The van der Waals surface area contributed by atoms with Crippen molar-refractivity contribution in [3.63, 3.8) is 0 Å². The standard InChI is InChI=1S/C10H10F2N2O3S/c11-7-4-8(12)9(18(13,16)17)3-6(7)10(15)14-5-1-2-5/h3-5H,1-2H2,(H,14,15)(H2,13,16,17). The third-order valence-corrected chi connectivity index (χ3v) is 3.41. The molecular weight excluding hydrogens is 266 g/mol. The highest BCUT2D eigenvalue weighted by molar-refractivity contribution is 7.89. The Morgan fingerprint density at radius 3 is 2.39 bits per heavy atom. The zero-order valence-electron chi connectivity index (χ0n) is 9.11. The molecule has 0 spiro atoms. The number of hydrogen-bond donors (Lipinski definition) is 2. The summed E-state index contributed by atoms with van der Waals surface area (Å²) in [5.74, 6) is -3.23. The quantitative estimate of drug-likeness (QED) is 0.842. The molecule has 98 valence electrons. The minimum Gasteiger partial charge on any atom is -0.349 e. The summed E-state index contributed by atoms with van der Waals surface area (Å²) in [7, 11) is -4.34. The van der Waals surface area contributed by atoms with Gasteiger partial charge in [0.25, 0.3) is 5.91 Å². The zero-order valence-corrected chi connectivity index (χ0v) is 9.93. The van der Waals surface area contributed by atoms with Crippen molar-refractivity contribution < 1.29 is 22.0 Å². The Morgan fingerprint density at radius 1 is 1.28 bits per heavy atom. The first-order valence-electron chi connectivity index (χ1n) is 5.12. The van der Waals surface area contributed by atoms with E-state index in [1.807, 2.05) is 0 Å². The normalized spacial score (nSPS) is 15.5. The fourth-order valence-electron chi connectivity index (χ4n) is 1.41. The highest BCUT2D eigenvalue weighted by atomic mass is 32.2. The molecule has 1 amide bonds. The average Bonchev–Trinajstić information content (AvgIpc) is 2.99. The lowest BCUT2D eigenvalue weighted by atomic mass is 10.2. The second-order valence-corrected chi connectivity index (χ2v) is 5.59. The Labute approximate surface area is 102 Å². The maximum Gasteiger partial charge on any atom is 0.254 e. The van der Waals surface area contributed by atoms with Gasteiger partial charge in [-0.15, -0.1) is 0 Å². The summed E-state index contributed by atoms with van der Waals surface area (Å²) in [6.45, 7) is 0. The van der Waals surface area contributed by atoms with Crippen LogP contribution in [0.2, 0.25) is 0 Å². The largest absolute Gasteiger partial charge is 0.349 e.